The second-order valence-corrected chi connectivity index (χ2v) is 4.76. The zero-order valence-electron chi connectivity index (χ0n) is 11.5. The van der Waals surface area contributed by atoms with Gasteiger partial charge in [0, 0.05) is 12.1 Å². The Balaban J connectivity index is 1.81. The summed E-state index contributed by atoms with van der Waals surface area (Å²) in [4.78, 5) is 18.4. The summed E-state index contributed by atoms with van der Waals surface area (Å²) in [7, 11) is 0. The summed E-state index contributed by atoms with van der Waals surface area (Å²) in [5.74, 6) is 6.02. The average Bonchev–Trinajstić information content (AvgIpc) is 2.76. The molecule has 6 heteroatoms. The summed E-state index contributed by atoms with van der Waals surface area (Å²) in [5, 5.41) is 0. The molecule has 21 heavy (non-hydrogen) atoms. The molecule has 1 aliphatic rings. The van der Waals surface area contributed by atoms with Gasteiger partial charge in [-0.25, -0.2) is 4.98 Å². The zero-order valence-corrected chi connectivity index (χ0v) is 11.5. The Bertz CT molecular complexity index is 642. The van der Waals surface area contributed by atoms with Gasteiger partial charge in [0.15, 0.2) is 0 Å². The van der Waals surface area contributed by atoms with Gasteiger partial charge >= 0.3 is 0 Å². The topological polar surface area (TPSA) is 80.5 Å². The molecule has 108 valence electrons. The van der Waals surface area contributed by atoms with Crippen LogP contribution >= 0.6 is 0 Å². The number of benzene rings is 1. The number of hydrogen-bond acceptors (Lipinski definition) is 5. The van der Waals surface area contributed by atoms with E-state index in [1.807, 2.05) is 24.3 Å². The van der Waals surface area contributed by atoms with Gasteiger partial charge in [-0.05, 0) is 18.2 Å². The van der Waals surface area contributed by atoms with E-state index in [4.69, 9.17) is 10.6 Å². The van der Waals surface area contributed by atoms with Gasteiger partial charge in [-0.2, -0.15) is 0 Å². The van der Waals surface area contributed by atoms with Gasteiger partial charge in [-0.1, -0.05) is 18.2 Å². The second-order valence-electron chi connectivity index (χ2n) is 4.76. The fourth-order valence-electron chi connectivity index (χ4n) is 2.27. The second kappa shape index (κ2) is 5.80. The minimum absolute atomic E-state index is 0.112. The maximum absolute atomic E-state index is 12.5. The monoisotopic (exact) mass is 284 g/mol. The number of carbonyl (C=O) groups is 1. The fourth-order valence-corrected chi connectivity index (χ4v) is 2.27. The summed E-state index contributed by atoms with van der Waals surface area (Å²) < 4.78 is 5.66. The number of nitrogens with one attached hydrogen (secondary N) is 1. The van der Waals surface area contributed by atoms with Crippen molar-refractivity contribution in [3.63, 3.8) is 0 Å². The lowest BCUT2D eigenvalue weighted by molar-refractivity contribution is 0.0727. The molecule has 0 saturated heterocycles. The van der Waals surface area contributed by atoms with Crippen molar-refractivity contribution in [2.45, 2.75) is 6.54 Å². The highest BCUT2D eigenvalue weighted by Gasteiger charge is 2.21. The molecule has 0 spiro atoms. The van der Waals surface area contributed by atoms with Gasteiger partial charge in [0.05, 0.1) is 18.4 Å². The maximum atomic E-state index is 12.5. The minimum Gasteiger partial charge on any atom is -0.491 e. The first-order valence-electron chi connectivity index (χ1n) is 6.70. The summed E-state index contributed by atoms with van der Waals surface area (Å²) in [6.45, 7) is 1.53. The first kappa shape index (κ1) is 13.4. The number of ether oxygens (including phenoxy) is 1. The lowest BCUT2D eigenvalue weighted by atomic mass is 10.2. The van der Waals surface area contributed by atoms with Crippen LogP contribution in [0.15, 0.2) is 42.6 Å². The van der Waals surface area contributed by atoms with E-state index >= 15 is 0 Å². The van der Waals surface area contributed by atoms with Crippen molar-refractivity contribution < 1.29 is 9.53 Å². The summed E-state index contributed by atoms with van der Waals surface area (Å²) in [6, 6.07) is 11.1. The molecule has 0 radical (unpaired) electrons. The number of hydrazine groups is 1. The van der Waals surface area contributed by atoms with Crippen LogP contribution in [0.3, 0.4) is 0 Å². The number of rotatable bonds is 2. The number of aromatic nitrogens is 1. The summed E-state index contributed by atoms with van der Waals surface area (Å²) >= 11 is 0. The van der Waals surface area contributed by atoms with Crippen molar-refractivity contribution in [3.8, 4) is 5.75 Å². The van der Waals surface area contributed by atoms with Gasteiger partial charge in [0.25, 0.3) is 5.91 Å². The molecule has 2 heterocycles. The number of nitrogen functional groups attached to an aromatic ring is 1. The molecule has 0 bridgehead atoms. The molecule has 3 N–H and O–H groups in total. The van der Waals surface area contributed by atoms with E-state index in [0.717, 1.165) is 11.3 Å². The predicted octanol–water partition coefficient (Wildman–Crippen LogP) is 1.40. The maximum Gasteiger partial charge on any atom is 0.272 e. The van der Waals surface area contributed by atoms with Gasteiger partial charge in [0.1, 0.15) is 18.1 Å². The Labute approximate surface area is 122 Å². The van der Waals surface area contributed by atoms with E-state index in [9.17, 15) is 4.79 Å². The molecule has 1 aromatic heterocycles. The fraction of sp³-hybridized carbons (Fsp3) is 0.200. The number of pyridine rings is 1. The summed E-state index contributed by atoms with van der Waals surface area (Å²) in [6.07, 6.45) is 1.54. The summed E-state index contributed by atoms with van der Waals surface area (Å²) in [5.41, 5.74) is 4.55. The van der Waals surface area contributed by atoms with E-state index in [0.29, 0.717) is 31.1 Å². The number of anilines is 1. The van der Waals surface area contributed by atoms with Crippen molar-refractivity contribution in [1.82, 2.24) is 9.88 Å². The minimum atomic E-state index is -0.112. The highest BCUT2D eigenvalue weighted by molar-refractivity contribution is 5.92. The van der Waals surface area contributed by atoms with Crippen LogP contribution in [0.25, 0.3) is 0 Å². The van der Waals surface area contributed by atoms with Crippen molar-refractivity contribution in [2.75, 3.05) is 18.6 Å². The highest BCUT2D eigenvalue weighted by atomic mass is 16.5. The van der Waals surface area contributed by atoms with E-state index in [1.54, 1.807) is 17.0 Å². The van der Waals surface area contributed by atoms with E-state index in [1.165, 1.54) is 6.20 Å². The Morgan fingerprint density at radius 2 is 2.14 bits per heavy atom. The lowest BCUT2D eigenvalue weighted by Crippen LogP contribution is -2.33. The number of nitrogens with two attached hydrogens (primary N) is 1. The standard InChI is InChI=1S/C15H16N4O2/c16-18-12-5-6-13(17-9-12)15(20)19-7-8-21-14-4-2-1-3-11(14)10-19/h1-6,9,18H,7-8,10,16H2. The van der Waals surface area contributed by atoms with Crippen LogP contribution in [0, 0.1) is 0 Å². The molecular weight excluding hydrogens is 268 g/mol. The smallest absolute Gasteiger partial charge is 0.272 e. The molecule has 1 aliphatic heterocycles. The van der Waals surface area contributed by atoms with Crippen molar-refractivity contribution in [3.05, 3.63) is 53.9 Å². The molecule has 1 amide bonds. The van der Waals surface area contributed by atoms with Gasteiger partial charge in [0.2, 0.25) is 0 Å². The van der Waals surface area contributed by atoms with Crippen LogP contribution < -0.4 is 16.0 Å². The molecule has 0 unspecified atom stereocenters. The average molecular weight is 284 g/mol. The first-order valence-corrected chi connectivity index (χ1v) is 6.70. The normalized spacial score (nSPS) is 13.9. The number of carbonyl (C=O) groups excluding carboxylic acids is 1. The van der Waals surface area contributed by atoms with E-state index in [-0.39, 0.29) is 5.91 Å². The molecule has 0 fully saturated rings. The number of hydrogen-bond donors (Lipinski definition) is 2. The van der Waals surface area contributed by atoms with Crippen molar-refractivity contribution in [2.24, 2.45) is 5.84 Å². The zero-order chi connectivity index (χ0) is 14.7. The van der Waals surface area contributed by atoms with E-state index < -0.39 is 0 Å². The molecule has 2 aromatic rings. The quantitative estimate of drug-likeness (QED) is 0.643. The molecule has 1 aromatic carbocycles. The predicted molar refractivity (Wildman–Crippen MR) is 78.7 cm³/mol. The molecular formula is C15H16N4O2. The molecule has 0 aliphatic carbocycles. The van der Waals surface area contributed by atoms with Crippen LogP contribution in [0.4, 0.5) is 5.69 Å². The largest absolute Gasteiger partial charge is 0.491 e. The first-order chi connectivity index (χ1) is 10.3. The third kappa shape index (κ3) is 2.80. The number of amides is 1. The van der Waals surface area contributed by atoms with E-state index in [2.05, 4.69) is 10.4 Å². The molecule has 0 atom stereocenters. The van der Waals surface area contributed by atoms with Crippen LogP contribution in [0.5, 0.6) is 5.75 Å². The lowest BCUT2D eigenvalue weighted by Gasteiger charge is -2.19. The van der Waals surface area contributed by atoms with Crippen LogP contribution in [-0.2, 0) is 6.54 Å². The third-order valence-electron chi connectivity index (χ3n) is 3.39. The van der Waals surface area contributed by atoms with Crippen LogP contribution in [0.2, 0.25) is 0 Å². The van der Waals surface area contributed by atoms with Crippen LogP contribution in [0.1, 0.15) is 16.1 Å². The number of para-hydroxylation sites is 1. The van der Waals surface area contributed by atoms with Gasteiger partial charge in [-0.3, -0.25) is 10.6 Å². The number of nitrogens with zero attached hydrogens (tertiary/aromatic N) is 2. The van der Waals surface area contributed by atoms with Crippen molar-refractivity contribution >= 4 is 11.6 Å². The van der Waals surface area contributed by atoms with Gasteiger partial charge in [-0.15, -0.1) is 0 Å². The van der Waals surface area contributed by atoms with Crippen LogP contribution in [-0.4, -0.2) is 28.9 Å². The Morgan fingerprint density at radius 3 is 2.90 bits per heavy atom. The molecule has 0 saturated carbocycles. The Hall–Kier alpha value is -2.60. The number of fused-ring (bicyclic) bond motifs is 1. The molecule has 3 rings (SSSR count). The highest BCUT2D eigenvalue weighted by Crippen LogP contribution is 2.23. The molecule has 6 nitrogen and oxygen atoms in total. The third-order valence-corrected chi connectivity index (χ3v) is 3.39. The Morgan fingerprint density at radius 1 is 1.29 bits per heavy atom. The van der Waals surface area contributed by atoms with Crippen molar-refractivity contribution in [1.29, 1.82) is 0 Å². The van der Waals surface area contributed by atoms with Gasteiger partial charge < -0.3 is 15.1 Å². The Kier molecular flexibility index (Phi) is 3.70. The SMILES string of the molecule is NNc1ccc(C(=O)N2CCOc3ccccc3C2)nc1.